The topological polar surface area (TPSA) is 0 Å². The molecule has 0 spiro atoms. The monoisotopic (exact) mass is 316 g/mol. The van der Waals surface area contributed by atoms with Crippen molar-refractivity contribution in [1.29, 1.82) is 0 Å². The van der Waals surface area contributed by atoms with E-state index in [-0.39, 0.29) is 15.0 Å². The Labute approximate surface area is 110 Å². The van der Waals surface area contributed by atoms with Crippen LogP contribution in [-0.4, -0.2) is 15.0 Å². The van der Waals surface area contributed by atoms with Gasteiger partial charge in [0.15, 0.2) is 0 Å². The van der Waals surface area contributed by atoms with Crippen LogP contribution in [0.5, 0.6) is 0 Å². The summed E-state index contributed by atoms with van der Waals surface area (Å²) in [5.41, 5.74) is -0.128. The Morgan fingerprint density at radius 3 is 2.11 bits per heavy atom. The molecule has 0 heterocycles. The third-order valence-corrected chi connectivity index (χ3v) is 4.69. The molecule has 0 saturated heterocycles. The minimum absolute atomic E-state index is 0.0304. The van der Waals surface area contributed by atoms with Crippen LogP contribution in [0.25, 0.3) is 0 Å². The molecule has 0 aromatic heterocycles. The molecule has 0 unspecified atom stereocenters. The van der Waals surface area contributed by atoms with E-state index in [0.29, 0.717) is 10.9 Å². The van der Waals surface area contributed by atoms with Gasteiger partial charge in [-0.25, -0.2) is 0 Å². The number of rotatable bonds is 3. The summed E-state index contributed by atoms with van der Waals surface area (Å²) in [6.45, 7) is 0. The number of hydrogen-bond donors (Lipinski definition) is 0. The van der Waals surface area contributed by atoms with E-state index in [0.717, 1.165) is 10.5 Å². The molecular formula is C14H11F3Se. The van der Waals surface area contributed by atoms with Crippen molar-refractivity contribution in [1.82, 2.24) is 0 Å². The van der Waals surface area contributed by atoms with Crippen LogP contribution in [0.15, 0.2) is 54.6 Å². The molecule has 0 saturated carbocycles. The molecule has 18 heavy (non-hydrogen) atoms. The van der Waals surface area contributed by atoms with Gasteiger partial charge in [-0.1, -0.05) is 0 Å². The Morgan fingerprint density at radius 2 is 1.44 bits per heavy atom. The zero-order valence-electron chi connectivity index (χ0n) is 9.45. The van der Waals surface area contributed by atoms with Gasteiger partial charge in [-0.3, -0.25) is 0 Å². The Hall–Kier alpha value is -1.25. The first-order valence-corrected chi connectivity index (χ1v) is 7.47. The SMILES string of the molecule is FC(F)(F)c1ccccc1C[Se]c1ccccc1. The summed E-state index contributed by atoms with van der Waals surface area (Å²) in [6.07, 6.45) is -4.26. The Morgan fingerprint density at radius 1 is 0.833 bits per heavy atom. The predicted octanol–water partition coefficient (Wildman–Crippen LogP) is 3.24. The fourth-order valence-electron chi connectivity index (χ4n) is 1.60. The molecule has 0 atom stereocenters. The van der Waals surface area contributed by atoms with Crippen molar-refractivity contribution >= 4 is 19.4 Å². The van der Waals surface area contributed by atoms with Crippen molar-refractivity contribution in [3.05, 3.63) is 65.7 Å². The van der Waals surface area contributed by atoms with Crippen molar-refractivity contribution in [2.24, 2.45) is 0 Å². The summed E-state index contributed by atoms with van der Waals surface area (Å²) in [7, 11) is 0. The van der Waals surface area contributed by atoms with Crippen molar-refractivity contribution < 1.29 is 13.2 Å². The third-order valence-electron chi connectivity index (χ3n) is 2.46. The summed E-state index contributed by atoms with van der Waals surface area (Å²) in [4.78, 5) is 0. The number of alkyl halides is 3. The van der Waals surface area contributed by atoms with Crippen LogP contribution in [0.2, 0.25) is 0 Å². The molecule has 2 aromatic carbocycles. The first-order valence-electron chi connectivity index (χ1n) is 5.40. The molecule has 0 aliphatic heterocycles. The minimum atomic E-state index is -4.26. The van der Waals surface area contributed by atoms with Gasteiger partial charge in [0.1, 0.15) is 0 Å². The number of hydrogen-bond acceptors (Lipinski definition) is 0. The van der Waals surface area contributed by atoms with E-state index in [1.165, 1.54) is 6.07 Å². The standard InChI is InChI=1S/C14H11F3Se/c15-14(16,17)13-9-5-4-6-11(13)10-18-12-7-2-1-3-8-12/h1-9H,10H2. The van der Waals surface area contributed by atoms with E-state index in [1.54, 1.807) is 12.1 Å². The van der Waals surface area contributed by atoms with E-state index in [1.807, 2.05) is 30.3 Å². The molecule has 2 aromatic rings. The average molecular weight is 315 g/mol. The molecule has 0 aliphatic rings. The van der Waals surface area contributed by atoms with Crippen LogP contribution >= 0.6 is 0 Å². The first kappa shape index (κ1) is 13.2. The molecule has 0 amide bonds. The molecule has 0 nitrogen and oxygen atoms in total. The maximum absolute atomic E-state index is 12.8. The number of halogens is 3. The Bertz CT molecular complexity index is 506. The summed E-state index contributed by atoms with van der Waals surface area (Å²) < 4.78 is 39.5. The van der Waals surface area contributed by atoms with Gasteiger partial charge >= 0.3 is 110 Å². The van der Waals surface area contributed by atoms with Crippen molar-refractivity contribution in [3.8, 4) is 0 Å². The zero-order chi connectivity index (χ0) is 13.0. The summed E-state index contributed by atoms with van der Waals surface area (Å²) in [5.74, 6) is 0. The Kier molecular flexibility index (Phi) is 4.10. The molecule has 0 aliphatic carbocycles. The maximum atomic E-state index is 12.8. The third kappa shape index (κ3) is 3.37. The van der Waals surface area contributed by atoms with Crippen molar-refractivity contribution in [3.63, 3.8) is 0 Å². The van der Waals surface area contributed by atoms with Crippen LogP contribution in [0.1, 0.15) is 11.1 Å². The average Bonchev–Trinajstić information content (AvgIpc) is 2.37. The molecular weight excluding hydrogens is 304 g/mol. The van der Waals surface area contributed by atoms with E-state index in [9.17, 15) is 13.2 Å². The van der Waals surface area contributed by atoms with Crippen LogP contribution in [0.3, 0.4) is 0 Å². The van der Waals surface area contributed by atoms with Gasteiger partial charge in [0, 0.05) is 0 Å². The summed E-state index contributed by atoms with van der Waals surface area (Å²) >= 11 is 0.0304. The van der Waals surface area contributed by atoms with Crippen molar-refractivity contribution in [2.75, 3.05) is 0 Å². The van der Waals surface area contributed by atoms with Gasteiger partial charge in [0.2, 0.25) is 0 Å². The van der Waals surface area contributed by atoms with Gasteiger partial charge in [-0.2, -0.15) is 0 Å². The molecule has 0 radical (unpaired) electrons. The normalized spacial score (nSPS) is 11.5. The summed E-state index contributed by atoms with van der Waals surface area (Å²) in [6, 6.07) is 15.4. The zero-order valence-corrected chi connectivity index (χ0v) is 11.2. The second kappa shape index (κ2) is 5.59. The molecule has 2 rings (SSSR count). The first-order chi connectivity index (χ1) is 8.57. The second-order valence-electron chi connectivity index (χ2n) is 3.76. The predicted molar refractivity (Wildman–Crippen MR) is 67.0 cm³/mol. The van der Waals surface area contributed by atoms with Gasteiger partial charge in [0.25, 0.3) is 0 Å². The van der Waals surface area contributed by atoms with Gasteiger partial charge in [-0.15, -0.1) is 0 Å². The van der Waals surface area contributed by atoms with Crippen molar-refractivity contribution in [2.45, 2.75) is 11.5 Å². The van der Waals surface area contributed by atoms with Gasteiger partial charge in [-0.05, 0) is 0 Å². The van der Waals surface area contributed by atoms with Crippen LogP contribution in [0, 0.1) is 0 Å². The fourth-order valence-corrected chi connectivity index (χ4v) is 3.54. The molecule has 0 N–H and O–H groups in total. The van der Waals surface area contributed by atoms with E-state index >= 15 is 0 Å². The van der Waals surface area contributed by atoms with E-state index in [4.69, 9.17) is 0 Å². The molecule has 94 valence electrons. The fraction of sp³-hybridized carbons (Fsp3) is 0.143. The number of benzene rings is 2. The second-order valence-corrected chi connectivity index (χ2v) is 5.96. The van der Waals surface area contributed by atoms with E-state index in [2.05, 4.69) is 0 Å². The summed E-state index contributed by atoms with van der Waals surface area (Å²) in [5, 5.41) is 0.465. The molecule has 4 heteroatoms. The Balaban J connectivity index is 2.15. The van der Waals surface area contributed by atoms with Gasteiger partial charge < -0.3 is 0 Å². The van der Waals surface area contributed by atoms with Crippen LogP contribution < -0.4 is 4.46 Å². The quantitative estimate of drug-likeness (QED) is 0.763. The van der Waals surface area contributed by atoms with Gasteiger partial charge in [0.05, 0.1) is 0 Å². The molecule has 0 bridgehead atoms. The van der Waals surface area contributed by atoms with Crippen LogP contribution in [0.4, 0.5) is 13.2 Å². The van der Waals surface area contributed by atoms with Crippen LogP contribution in [-0.2, 0) is 11.5 Å². The van der Waals surface area contributed by atoms with E-state index < -0.39 is 11.7 Å². The molecule has 0 fully saturated rings.